The molecule has 2 rings (SSSR count). The molecule has 0 atom stereocenters. The molecule has 0 saturated carbocycles. The monoisotopic (exact) mass is 377 g/mol. The number of hydrogen-bond donors (Lipinski definition) is 0. The highest BCUT2D eigenvalue weighted by Crippen LogP contribution is 2.33. The number of hydrogen-bond acceptors (Lipinski definition) is 7. The SMILES string of the molecule is CCCOC(=O)CN1C(=O)COc2ccc(C(=O)CCC(=O)OCC)cc21. The summed E-state index contributed by atoms with van der Waals surface area (Å²) in [7, 11) is 0. The lowest BCUT2D eigenvalue weighted by atomic mass is 10.0. The average Bonchev–Trinajstić information content (AvgIpc) is 2.66. The Hall–Kier alpha value is -2.90. The molecule has 0 N–H and O–H groups in total. The Morgan fingerprint density at radius 1 is 1.11 bits per heavy atom. The molecule has 8 nitrogen and oxygen atoms in total. The van der Waals surface area contributed by atoms with Crippen LogP contribution in [0.1, 0.15) is 43.5 Å². The fourth-order valence-corrected chi connectivity index (χ4v) is 2.53. The van der Waals surface area contributed by atoms with E-state index in [1.165, 1.54) is 11.0 Å². The van der Waals surface area contributed by atoms with Crippen molar-refractivity contribution in [3.05, 3.63) is 23.8 Å². The molecule has 0 aliphatic carbocycles. The second-order valence-electron chi connectivity index (χ2n) is 5.90. The van der Waals surface area contributed by atoms with Gasteiger partial charge >= 0.3 is 11.9 Å². The minimum absolute atomic E-state index is 0.00896. The van der Waals surface area contributed by atoms with Gasteiger partial charge in [0, 0.05) is 12.0 Å². The van der Waals surface area contributed by atoms with Gasteiger partial charge in [-0.3, -0.25) is 24.1 Å². The Bertz CT molecular complexity index is 729. The zero-order valence-corrected chi connectivity index (χ0v) is 15.5. The van der Waals surface area contributed by atoms with Crippen LogP contribution in [0.2, 0.25) is 0 Å². The van der Waals surface area contributed by atoms with Crippen molar-refractivity contribution in [1.29, 1.82) is 0 Å². The molecule has 0 saturated heterocycles. The van der Waals surface area contributed by atoms with Crippen LogP contribution in [-0.2, 0) is 23.9 Å². The van der Waals surface area contributed by atoms with Crippen molar-refractivity contribution < 1.29 is 33.4 Å². The van der Waals surface area contributed by atoms with Crippen molar-refractivity contribution in [2.75, 3.05) is 31.3 Å². The second kappa shape index (κ2) is 9.70. The summed E-state index contributed by atoms with van der Waals surface area (Å²) in [6.45, 7) is 3.65. The van der Waals surface area contributed by atoms with Gasteiger partial charge in [0.1, 0.15) is 12.3 Å². The first-order valence-corrected chi connectivity index (χ1v) is 8.87. The summed E-state index contributed by atoms with van der Waals surface area (Å²) >= 11 is 0. The first kappa shape index (κ1) is 20.4. The number of rotatable bonds is 9. The normalized spacial score (nSPS) is 12.8. The number of Topliss-reactive ketones (excluding diaryl/α,β-unsaturated/α-hetero) is 1. The largest absolute Gasteiger partial charge is 0.482 e. The van der Waals surface area contributed by atoms with Gasteiger partial charge in [-0.25, -0.2) is 0 Å². The van der Waals surface area contributed by atoms with Crippen LogP contribution in [0.3, 0.4) is 0 Å². The fourth-order valence-electron chi connectivity index (χ4n) is 2.53. The van der Waals surface area contributed by atoms with Gasteiger partial charge < -0.3 is 14.2 Å². The van der Waals surface area contributed by atoms with Crippen LogP contribution in [0.4, 0.5) is 5.69 Å². The van der Waals surface area contributed by atoms with Gasteiger partial charge in [-0.2, -0.15) is 0 Å². The lowest BCUT2D eigenvalue weighted by Gasteiger charge is -2.29. The van der Waals surface area contributed by atoms with Crippen LogP contribution < -0.4 is 9.64 Å². The van der Waals surface area contributed by atoms with E-state index in [-0.39, 0.29) is 45.0 Å². The predicted molar refractivity (Wildman–Crippen MR) is 95.7 cm³/mol. The number of fused-ring (bicyclic) bond motifs is 1. The van der Waals surface area contributed by atoms with Gasteiger partial charge in [0.2, 0.25) is 0 Å². The summed E-state index contributed by atoms with van der Waals surface area (Å²) in [5.74, 6) is -1.23. The number of anilines is 1. The molecule has 1 heterocycles. The molecule has 0 unspecified atom stereocenters. The summed E-state index contributed by atoms with van der Waals surface area (Å²) in [6.07, 6.45) is 0.649. The first-order chi connectivity index (χ1) is 13.0. The molecular formula is C19H23NO7. The minimum atomic E-state index is -0.530. The quantitative estimate of drug-likeness (QED) is 0.479. The maximum atomic E-state index is 12.3. The van der Waals surface area contributed by atoms with E-state index < -0.39 is 17.8 Å². The smallest absolute Gasteiger partial charge is 0.326 e. The van der Waals surface area contributed by atoms with Crippen molar-refractivity contribution in [2.45, 2.75) is 33.1 Å². The van der Waals surface area contributed by atoms with Gasteiger partial charge in [0.05, 0.1) is 25.3 Å². The molecule has 0 fully saturated rings. The lowest BCUT2D eigenvalue weighted by molar-refractivity contribution is -0.143. The average molecular weight is 377 g/mol. The van der Waals surface area contributed by atoms with Gasteiger partial charge in [0.15, 0.2) is 12.4 Å². The third kappa shape index (κ3) is 5.54. The minimum Gasteiger partial charge on any atom is -0.482 e. The van der Waals surface area contributed by atoms with Crippen molar-refractivity contribution in [2.24, 2.45) is 0 Å². The Kier molecular flexibility index (Phi) is 7.34. The molecule has 1 aliphatic rings. The standard InChI is InChI=1S/C19H23NO7/c1-3-9-26-19(24)11-20-14-10-13(5-7-16(14)27-12-17(20)22)15(21)6-8-18(23)25-4-2/h5,7,10H,3-4,6,8-9,11-12H2,1-2H3. The molecular weight excluding hydrogens is 354 g/mol. The number of esters is 2. The summed E-state index contributed by atoms with van der Waals surface area (Å²) in [4.78, 5) is 49.1. The zero-order chi connectivity index (χ0) is 19.8. The Morgan fingerprint density at radius 2 is 1.89 bits per heavy atom. The third-order valence-corrected chi connectivity index (χ3v) is 3.84. The highest BCUT2D eigenvalue weighted by atomic mass is 16.5. The summed E-state index contributed by atoms with van der Waals surface area (Å²) < 4.78 is 15.2. The van der Waals surface area contributed by atoms with Crippen molar-refractivity contribution in [3.63, 3.8) is 0 Å². The molecule has 0 bridgehead atoms. The maximum absolute atomic E-state index is 12.3. The van der Waals surface area contributed by atoms with E-state index in [4.69, 9.17) is 14.2 Å². The Labute approximate surface area is 157 Å². The topological polar surface area (TPSA) is 99.2 Å². The molecule has 1 aliphatic heterocycles. The molecule has 1 aromatic rings. The van der Waals surface area contributed by atoms with Gasteiger partial charge in [-0.15, -0.1) is 0 Å². The molecule has 146 valence electrons. The molecule has 27 heavy (non-hydrogen) atoms. The zero-order valence-electron chi connectivity index (χ0n) is 15.5. The number of ether oxygens (including phenoxy) is 3. The van der Waals surface area contributed by atoms with Crippen LogP contribution in [0.25, 0.3) is 0 Å². The van der Waals surface area contributed by atoms with E-state index in [1.54, 1.807) is 19.1 Å². The van der Waals surface area contributed by atoms with Gasteiger partial charge in [-0.05, 0) is 31.5 Å². The van der Waals surface area contributed by atoms with Crippen LogP contribution in [0.15, 0.2) is 18.2 Å². The van der Waals surface area contributed by atoms with E-state index in [2.05, 4.69) is 0 Å². The van der Waals surface area contributed by atoms with E-state index in [1.807, 2.05) is 6.92 Å². The molecule has 1 aromatic carbocycles. The summed E-state index contributed by atoms with van der Waals surface area (Å²) in [5.41, 5.74) is 0.657. The summed E-state index contributed by atoms with van der Waals surface area (Å²) in [5, 5.41) is 0. The molecule has 1 amide bonds. The number of benzene rings is 1. The third-order valence-electron chi connectivity index (χ3n) is 3.84. The van der Waals surface area contributed by atoms with Gasteiger partial charge in [-0.1, -0.05) is 6.92 Å². The predicted octanol–water partition coefficient (Wildman–Crippen LogP) is 1.89. The number of amides is 1. The second-order valence-corrected chi connectivity index (χ2v) is 5.90. The summed E-state index contributed by atoms with van der Waals surface area (Å²) in [6, 6.07) is 4.63. The number of carbonyl (C=O) groups excluding carboxylic acids is 4. The van der Waals surface area contributed by atoms with Crippen LogP contribution in [0, 0.1) is 0 Å². The fraction of sp³-hybridized carbons (Fsp3) is 0.474. The number of ketones is 1. The Morgan fingerprint density at radius 3 is 2.59 bits per heavy atom. The van der Waals surface area contributed by atoms with Gasteiger partial charge in [0.25, 0.3) is 5.91 Å². The highest BCUT2D eigenvalue weighted by Gasteiger charge is 2.28. The molecule has 0 radical (unpaired) electrons. The van der Waals surface area contributed by atoms with Crippen LogP contribution in [-0.4, -0.2) is 50.0 Å². The number of nitrogens with zero attached hydrogens (tertiary/aromatic N) is 1. The molecule has 0 aromatic heterocycles. The highest BCUT2D eigenvalue weighted by molar-refractivity contribution is 6.04. The van der Waals surface area contributed by atoms with Crippen molar-refractivity contribution >= 4 is 29.3 Å². The maximum Gasteiger partial charge on any atom is 0.326 e. The van der Waals surface area contributed by atoms with Crippen LogP contribution >= 0.6 is 0 Å². The van der Waals surface area contributed by atoms with Crippen molar-refractivity contribution in [3.8, 4) is 5.75 Å². The van der Waals surface area contributed by atoms with E-state index >= 15 is 0 Å². The van der Waals surface area contributed by atoms with E-state index in [9.17, 15) is 19.2 Å². The van der Waals surface area contributed by atoms with E-state index in [0.29, 0.717) is 23.4 Å². The number of carbonyl (C=O) groups is 4. The molecule has 8 heteroatoms. The first-order valence-electron chi connectivity index (χ1n) is 8.87. The van der Waals surface area contributed by atoms with Crippen molar-refractivity contribution in [1.82, 2.24) is 0 Å². The van der Waals surface area contributed by atoms with E-state index in [0.717, 1.165) is 0 Å². The Balaban J connectivity index is 2.14. The van der Waals surface area contributed by atoms with Crippen LogP contribution in [0.5, 0.6) is 5.75 Å². The molecule has 0 spiro atoms. The lowest BCUT2D eigenvalue weighted by Crippen LogP contribution is -2.42.